The van der Waals surface area contributed by atoms with E-state index in [1.165, 1.54) is 30.3 Å². The summed E-state index contributed by atoms with van der Waals surface area (Å²) in [5, 5.41) is 74.8. The zero-order valence-electron chi connectivity index (χ0n) is 16.4. The van der Waals surface area contributed by atoms with Gasteiger partial charge in [0, 0.05) is 29.7 Å². The number of rotatable bonds is 2. The van der Waals surface area contributed by atoms with Crippen LogP contribution in [0.5, 0.6) is 46.0 Å². The van der Waals surface area contributed by atoms with Crippen molar-refractivity contribution in [3.05, 3.63) is 59.2 Å². The Balaban J connectivity index is 0.000000222. The predicted molar refractivity (Wildman–Crippen MR) is 109 cm³/mol. The fraction of sp³-hybridized carbons (Fsp3) is 0.136. The van der Waals surface area contributed by atoms with Gasteiger partial charge in [0.2, 0.25) is 0 Å². The van der Waals surface area contributed by atoms with Crippen LogP contribution in [0.25, 0.3) is 0 Å². The lowest BCUT2D eigenvalue weighted by Gasteiger charge is -2.31. The molecule has 3 aromatic carbocycles. The number of benzene rings is 3. The summed E-state index contributed by atoms with van der Waals surface area (Å²) in [6.45, 7) is 0. The molecular formula is C22H20O10. The summed E-state index contributed by atoms with van der Waals surface area (Å²) < 4.78 is 5.62. The second-order valence-electron chi connectivity index (χ2n) is 7.03. The molecule has 10 heteroatoms. The first-order valence-corrected chi connectivity index (χ1v) is 9.22. The van der Waals surface area contributed by atoms with E-state index in [1.54, 1.807) is 0 Å². The Hall–Kier alpha value is -4.31. The number of aliphatic hydroxyl groups is 1. The highest BCUT2D eigenvalue weighted by Gasteiger charge is 2.32. The molecule has 0 aromatic heterocycles. The molecule has 168 valence electrons. The Labute approximate surface area is 181 Å². The fourth-order valence-corrected chi connectivity index (χ4v) is 3.16. The number of aldehydes is 1. The maximum atomic E-state index is 10.2. The third-order valence-electron chi connectivity index (χ3n) is 4.74. The molecule has 1 heterocycles. The lowest BCUT2D eigenvalue weighted by molar-refractivity contribution is 0.0197. The van der Waals surface area contributed by atoms with Gasteiger partial charge in [-0.25, -0.2) is 0 Å². The van der Waals surface area contributed by atoms with Crippen LogP contribution in [-0.4, -0.2) is 53.2 Å². The van der Waals surface area contributed by atoms with Crippen molar-refractivity contribution in [3.8, 4) is 46.0 Å². The number of aliphatic hydroxyl groups excluding tert-OH is 1. The van der Waals surface area contributed by atoms with E-state index in [1.807, 2.05) is 0 Å². The molecule has 0 unspecified atom stereocenters. The van der Waals surface area contributed by atoms with Crippen LogP contribution in [0, 0.1) is 0 Å². The van der Waals surface area contributed by atoms with Crippen LogP contribution in [0.2, 0.25) is 0 Å². The van der Waals surface area contributed by atoms with Crippen molar-refractivity contribution in [2.45, 2.75) is 18.6 Å². The number of aromatic hydroxyl groups is 7. The van der Waals surface area contributed by atoms with Crippen molar-refractivity contribution in [1.82, 2.24) is 0 Å². The summed E-state index contributed by atoms with van der Waals surface area (Å²) in [5.41, 5.74) is 1.00. The van der Waals surface area contributed by atoms with Crippen LogP contribution in [0.1, 0.15) is 27.6 Å². The number of hydrogen-bond donors (Lipinski definition) is 8. The summed E-state index contributed by atoms with van der Waals surface area (Å²) in [6, 6.07) is 8.78. The summed E-state index contributed by atoms with van der Waals surface area (Å²) >= 11 is 0. The minimum atomic E-state index is -0.933. The number of carbonyl (C=O) groups is 1. The molecule has 0 spiro atoms. The summed E-state index contributed by atoms with van der Waals surface area (Å²) in [6.07, 6.45) is -1.10. The van der Waals surface area contributed by atoms with Crippen molar-refractivity contribution in [2.24, 2.45) is 0 Å². The molecule has 0 bridgehead atoms. The summed E-state index contributed by atoms with van der Waals surface area (Å²) in [7, 11) is 0. The lowest BCUT2D eigenvalue weighted by atomic mass is 9.94. The van der Waals surface area contributed by atoms with Gasteiger partial charge in [-0.3, -0.25) is 4.79 Å². The van der Waals surface area contributed by atoms with Gasteiger partial charge in [0.05, 0.1) is 6.10 Å². The Morgan fingerprint density at radius 1 is 0.781 bits per heavy atom. The number of phenolic OH excluding ortho intramolecular Hbond substituents is 7. The van der Waals surface area contributed by atoms with Crippen molar-refractivity contribution < 1.29 is 50.4 Å². The van der Waals surface area contributed by atoms with Crippen molar-refractivity contribution in [1.29, 1.82) is 0 Å². The van der Waals surface area contributed by atoms with Crippen LogP contribution < -0.4 is 4.74 Å². The largest absolute Gasteiger partial charge is 0.508 e. The predicted octanol–water partition coefficient (Wildman–Crippen LogP) is 2.16. The number of fused-ring (bicyclic) bond motifs is 1. The van der Waals surface area contributed by atoms with Gasteiger partial charge in [0.15, 0.2) is 28.7 Å². The molecule has 0 aliphatic carbocycles. The van der Waals surface area contributed by atoms with Crippen molar-refractivity contribution >= 4 is 6.29 Å². The minimum absolute atomic E-state index is 0.109. The molecule has 0 radical (unpaired) electrons. The normalized spacial score (nSPS) is 16.8. The van der Waals surface area contributed by atoms with Crippen LogP contribution in [0.4, 0.5) is 0 Å². The Bertz CT molecular complexity index is 1130. The molecule has 1 aliphatic heterocycles. The molecule has 32 heavy (non-hydrogen) atoms. The topological polar surface area (TPSA) is 188 Å². The lowest BCUT2D eigenvalue weighted by Crippen LogP contribution is -2.30. The second-order valence-corrected chi connectivity index (χ2v) is 7.03. The van der Waals surface area contributed by atoms with Gasteiger partial charge in [-0.1, -0.05) is 6.07 Å². The van der Waals surface area contributed by atoms with E-state index in [0.29, 0.717) is 17.4 Å². The zero-order chi connectivity index (χ0) is 23.6. The van der Waals surface area contributed by atoms with Gasteiger partial charge in [-0.15, -0.1) is 0 Å². The highest BCUT2D eigenvalue weighted by atomic mass is 16.5. The van der Waals surface area contributed by atoms with Gasteiger partial charge in [-0.05, 0) is 29.8 Å². The van der Waals surface area contributed by atoms with E-state index < -0.39 is 29.5 Å². The van der Waals surface area contributed by atoms with E-state index in [2.05, 4.69) is 0 Å². The second kappa shape index (κ2) is 8.82. The van der Waals surface area contributed by atoms with E-state index in [-0.39, 0.29) is 40.7 Å². The van der Waals surface area contributed by atoms with E-state index in [9.17, 15) is 30.3 Å². The highest BCUT2D eigenvalue weighted by molar-refractivity contribution is 5.78. The Morgan fingerprint density at radius 3 is 2.03 bits per heavy atom. The van der Waals surface area contributed by atoms with Crippen LogP contribution in [-0.2, 0) is 6.42 Å². The van der Waals surface area contributed by atoms with Gasteiger partial charge in [-0.2, -0.15) is 0 Å². The van der Waals surface area contributed by atoms with E-state index >= 15 is 0 Å². The number of phenols is 7. The molecule has 4 rings (SSSR count). The summed E-state index contributed by atoms with van der Waals surface area (Å²) in [5.74, 6) is -2.22. The van der Waals surface area contributed by atoms with Gasteiger partial charge in [0.1, 0.15) is 29.6 Å². The van der Waals surface area contributed by atoms with Crippen molar-refractivity contribution in [2.75, 3.05) is 0 Å². The third-order valence-corrected chi connectivity index (χ3v) is 4.74. The average Bonchev–Trinajstić information content (AvgIpc) is 2.74. The molecule has 8 N–H and O–H groups in total. The molecule has 0 saturated heterocycles. The zero-order valence-corrected chi connectivity index (χ0v) is 16.4. The number of hydrogen-bond acceptors (Lipinski definition) is 10. The van der Waals surface area contributed by atoms with E-state index in [0.717, 1.165) is 12.1 Å². The summed E-state index contributed by atoms with van der Waals surface area (Å²) in [4.78, 5) is 10.1. The van der Waals surface area contributed by atoms with Gasteiger partial charge in [0.25, 0.3) is 0 Å². The van der Waals surface area contributed by atoms with E-state index in [4.69, 9.17) is 20.1 Å². The molecule has 2 atom stereocenters. The molecule has 10 nitrogen and oxygen atoms in total. The molecular weight excluding hydrogens is 424 g/mol. The smallest absolute Gasteiger partial charge is 0.200 e. The van der Waals surface area contributed by atoms with Crippen LogP contribution >= 0.6 is 0 Å². The first-order valence-electron chi connectivity index (χ1n) is 9.22. The van der Waals surface area contributed by atoms with Crippen LogP contribution in [0.3, 0.4) is 0 Å². The first kappa shape index (κ1) is 22.4. The molecule has 0 amide bonds. The van der Waals surface area contributed by atoms with Gasteiger partial charge >= 0.3 is 0 Å². The Morgan fingerprint density at radius 2 is 1.44 bits per heavy atom. The third kappa shape index (κ3) is 4.55. The fourth-order valence-electron chi connectivity index (χ4n) is 3.16. The standard InChI is InChI=1S/C15H14O6.C7H6O4/c16-8-4-11(18)9-6-13(20)15(21-14(9)5-8)7-1-2-10(17)12(19)3-7;8-3-4-1-5(9)7(11)6(10)2-4/h1-5,13,15-20H,6H2;1-3,9-11H/t13-,15-;/m1./s1. The Kier molecular flexibility index (Phi) is 6.17. The molecule has 3 aromatic rings. The maximum Gasteiger partial charge on any atom is 0.200 e. The van der Waals surface area contributed by atoms with Crippen molar-refractivity contribution in [3.63, 3.8) is 0 Å². The highest BCUT2D eigenvalue weighted by Crippen LogP contribution is 2.42. The minimum Gasteiger partial charge on any atom is -0.508 e. The maximum absolute atomic E-state index is 10.2. The quantitative estimate of drug-likeness (QED) is 0.215. The SMILES string of the molecule is O=Cc1cc(O)c(O)c(O)c1.Oc1cc(O)c2c(c1)O[C@H](c1ccc(O)c(O)c1)[C@H](O)C2. The number of carbonyl (C=O) groups excluding carboxylic acids is 1. The van der Waals surface area contributed by atoms with Gasteiger partial charge < -0.3 is 45.6 Å². The average molecular weight is 444 g/mol. The molecule has 0 fully saturated rings. The number of ether oxygens (including phenoxy) is 1. The molecule has 0 saturated carbocycles. The monoisotopic (exact) mass is 444 g/mol. The molecule has 1 aliphatic rings. The van der Waals surface area contributed by atoms with Crippen LogP contribution in [0.15, 0.2) is 42.5 Å². The first-order chi connectivity index (χ1) is 15.1.